The van der Waals surface area contributed by atoms with E-state index < -0.39 is 0 Å². The Hall–Kier alpha value is -6.78. The van der Waals surface area contributed by atoms with Gasteiger partial charge in [0.15, 0.2) is 0 Å². The molecule has 4 unspecified atom stereocenters. The van der Waals surface area contributed by atoms with Gasteiger partial charge in [-0.1, -0.05) is 214 Å². The average Bonchev–Trinajstić information content (AvgIpc) is 3.80. The van der Waals surface area contributed by atoms with Gasteiger partial charge in [-0.25, -0.2) is 0 Å². The molecule has 4 aliphatic heterocycles. The SMILES string of the molecule is CC(C)(C)c1cc2c3c(c1)C1(C)CCCCC1(C)N3c1cc(N3c4ccc(C(C)(C)C)cc4C4(c5ccccc5)CCCCC34C)cc3c1B2c1cc(-c2ccccc2)ccc1N3c1ccc(-c2ccccc2)cc1. The first-order valence-electron chi connectivity index (χ1n) is 28.4. The molecule has 4 atom stereocenters. The Labute approximate surface area is 447 Å². The molecule has 0 spiro atoms. The van der Waals surface area contributed by atoms with Crippen molar-refractivity contribution in [2.45, 2.75) is 146 Å². The van der Waals surface area contributed by atoms with Gasteiger partial charge in [0.25, 0.3) is 6.71 Å². The molecule has 0 bridgehead atoms. The van der Waals surface area contributed by atoms with Gasteiger partial charge in [0.05, 0.1) is 11.1 Å². The number of hydrogen-bond donors (Lipinski definition) is 0. The quantitative estimate of drug-likeness (QED) is 0.159. The van der Waals surface area contributed by atoms with E-state index in [1.54, 1.807) is 5.56 Å². The summed E-state index contributed by atoms with van der Waals surface area (Å²) in [7, 11) is 0. The lowest BCUT2D eigenvalue weighted by atomic mass is 9.33. The molecule has 2 saturated carbocycles. The first-order chi connectivity index (χ1) is 36.0. The molecular weight excluding hydrogens is 906 g/mol. The summed E-state index contributed by atoms with van der Waals surface area (Å²) < 4.78 is 0. The Balaban J connectivity index is 1.10. The van der Waals surface area contributed by atoms with Gasteiger partial charge < -0.3 is 14.7 Å². The molecule has 0 amide bonds. The molecule has 0 aromatic heterocycles. The monoisotopic (exact) mass is 978 g/mol. The van der Waals surface area contributed by atoms with Gasteiger partial charge in [-0.05, 0) is 153 Å². The van der Waals surface area contributed by atoms with Crippen molar-refractivity contribution in [2.24, 2.45) is 0 Å². The van der Waals surface area contributed by atoms with Crippen LogP contribution in [0, 0.1) is 0 Å². The number of nitrogens with zero attached hydrogens (tertiary/aromatic N) is 3. The predicted octanol–water partition coefficient (Wildman–Crippen LogP) is 16.7. The van der Waals surface area contributed by atoms with E-state index in [-0.39, 0.29) is 39.5 Å². The first kappa shape index (κ1) is 46.7. The van der Waals surface area contributed by atoms with Crippen molar-refractivity contribution in [3.8, 4) is 22.3 Å². The third kappa shape index (κ3) is 6.41. The molecule has 6 aliphatic rings. The van der Waals surface area contributed by atoms with Gasteiger partial charge in [0.1, 0.15) is 0 Å². The zero-order valence-corrected chi connectivity index (χ0v) is 45.8. The molecule has 0 N–H and O–H groups in total. The largest absolute Gasteiger partial charge is 0.335 e. The summed E-state index contributed by atoms with van der Waals surface area (Å²) in [5.74, 6) is 0. The van der Waals surface area contributed by atoms with Crippen molar-refractivity contribution in [1.82, 2.24) is 0 Å². The Morgan fingerprint density at radius 3 is 1.65 bits per heavy atom. The number of rotatable bonds is 5. The van der Waals surface area contributed by atoms with Gasteiger partial charge in [-0.3, -0.25) is 0 Å². The van der Waals surface area contributed by atoms with E-state index in [0.717, 1.165) is 19.3 Å². The summed E-state index contributed by atoms with van der Waals surface area (Å²) in [5.41, 5.74) is 25.3. The highest BCUT2D eigenvalue weighted by Gasteiger charge is 2.64. The Morgan fingerprint density at radius 1 is 0.413 bits per heavy atom. The van der Waals surface area contributed by atoms with Crippen molar-refractivity contribution in [3.05, 3.63) is 204 Å². The van der Waals surface area contributed by atoms with E-state index in [1.807, 2.05) is 0 Å². The minimum Gasteiger partial charge on any atom is -0.335 e. The normalized spacial score (nSPS) is 24.0. The highest BCUT2D eigenvalue weighted by molar-refractivity contribution is 7.00. The van der Waals surface area contributed by atoms with Crippen LogP contribution in [0.3, 0.4) is 0 Å². The van der Waals surface area contributed by atoms with Gasteiger partial charge in [-0.15, -0.1) is 0 Å². The van der Waals surface area contributed by atoms with Crippen LogP contribution >= 0.6 is 0 Å². The van der Waals surface area contributed by atoms with Crippen molar-refractivity contribution in [3.63, 3.8) is 0 Å². The Morgan fingerprint density at radius 2 is 0.973 bits per heavy atom. The smallest absolute Gasteiger partial charge is 0.252 e. The molecule has 374 valence electrons. The van der Waals surface area contributed by atoms with Crippen LogP contribution in [0.5, 0.6) is 0 Å². The van der Waals surface area contributed by atoms with Crippen LogP contribution in [-0.4, -0.2) is 17.8 Å². The molecule has 75 heavy (non-hydrogen) atoms. The molecule has 4 heterocycles. The van der Waals surface area contributed by atoms with Crippen LogP contribution in [0.4, 0.5) is 39.8 Å². The molecule has 8 aromatic carbocycles. The summed E-state index contributed by atoms with van der Waals surface area (Å²) in [6.45, 7) is 22.4. The van der Waals surface area contributed by atoms with Crippen LogP contribution in [0.2, 0.25) is 0 Å². The molecule has 0 radical (unpaired) electrons. The zero-order chi connectivity index (χ0) is 51.4. The summed E-state index contributed by atoms with van der Waals surface area (Å²) in [6, 6.07) is 68.8. The van der Waals surface area contributed by atoms with E-state index in [4.69, 9.17) is 0 Å². The van der Waals surface area contributed by atoms with Gasteiger partial charge >= 0.3 is 0 Å². The first-order valence-corrected chi connectivity index (χ1v) is 28.4. The Bertz CT molecular complexity index is 3590. The van der Waals surface area contributed by atoms with E-state index in [9.17, 15) is 0 Å². The number of anilines is 7. The molecule has 3 nitrogen and oxygen atoms in total. The lowest BCUT2D eigenvalue weighted by Crippen LogP contribution is -2.64. The second-order valence-electron chi connectivity index (χ2n) is 26.1. The highest BCUT2D eigenvalue weighted by Crippen LogP contribution is 2.66. The molecule has 8 aromatic rings. The standard InChI is InChI=1S/C71H72BN3/c1-66(2,3)52-32-36-60-56(42-52)71(51-27-17-12-18-28-51)40-22-21-39-70(71,9)74(60)55-45-62-64-63(46-55)75-65-57(68(7)37-19-20-38-69(68,75)8)43-53(67(4,5)6)44-59(65)72(64)58-41-50(48-25-15-11-16-26-48)31-35-61(58)73(62)54-33-29-49(30-34-54)47-23-13-10-14-24-47/h10-18,23-36,41-46H,19-22,37-40H2,1-9H3. The molecular formula is C71H72BN3. The molecule has 14 rings (SSSR count). The second kappa shape index (κ2) is 16.1. The molecule has 0 saturated heterocycles. The summed E-state index contributed by atoms with van der Waals surface area (Å²) in [4.78, 5) is 8.51. The second-order valence-corrected chi connectivity index (χ2v) is 26.1. The van der Waals surface area contributed by atoms with Crippen LogP contribution < -0.4 is 31.1 Å². The topological polar surface area (TPSA) is 9.72 Å². The minimum absolute atomic E-state index is 0.0104. The maximum atomic E-state index is 2.96. The third-order valence-electron chi connectivity index (χ3n) is 20.2. The van der Waals surface area contributed by atoms with Crippen LogP contribution in [0.1, 0.15) is 141 Å². The van der Waals surface area contributed by atoms with E-state index in [2.05, 4.69) is 253 Å². The van der Waals surface area contributed by atoms with E-state index >= 15 is 0 Å². The predicted molar refractivity (Wildman–Crippen MR) is 320 cm³/mol. The number of benzene rings is 8. The Kier molecular flexibility index (Phi) is 10.0. The van der Waals surface area contributed by atoms with Crippen LogP contribution in [0.25, 0.3) is 22.3 Å². The fourth-order valence-electron chi connectivity index (χ4n) is 16.0. The number of hydrogen-bond acceptors (Lipinski definition) is 3. The molecule has 4 heteroatoms. The summed E-state index contributed by atoms with van der Waals surface area (Å²) in [6.07, 6.45) is 9.48. The van der Waals surface area contributed by atoms with Crippen LogP contribution in [-0.2, 0) is 21.7 Å². The van der Waals surface area contributed by atoms with Crippen LogP contribution in [0.15, 0.2) is 176 Å². The highest BCUT2D eigenvalue weighted by atomic mass is 15.3. The fourth-order valence-corrected chi connectivity index (χ4v) is 16.0. The fraction of sp³-hybridized carbons (Fsp3) is 0.324. The maximum Gasteiger partial charge on any atom is 0.252 e. The zero-order valence-electron chi connectivity index (χ0n) is 45.8. The lowest BCUT2D eigenvalue weighted by molar-refractivity contribution is 0.195. The molecule has 2 fully saturated rings. The third-order valence-corrected chi connectivity index (χ3v) is 20.2. The van der Waals surface area contributed by atoms with Crippen molar-refractivity contribution < 1.29 is 0 Å². The maximum absolute atomic E-state index is 2.96. The van der Waals surface area contributed by atoms with Gasteiger partial charge in [0.2, 0.25) is 0 Å². The van der Waals surface area contributed by atoms with Crippen molar-refractivity contribution in [2.75, 3.05) is 14.7 Å². The molecule has 2 aliphatic carbocycles. The van der Waals surface area contributed by atoms with E-state index in [1.165, 1.54) is 133 Å². The summed E-state index contributed by atoms with van der Waals surface area (Å²) >= 11 is 0. The lowest BCUT2D eigenvalue weighted by Gasteiger charge is -2.54. The van der Waals surface area contributed by atoms with Crippen molar-refractivity contribution in [1.29, 1.82) is 0 Å². The van der Waals surface area contributed by atoms with Gasteiger partial charge in [-0.2, -0.15) is 0 Å². The van der Waals surface area contributed by atoms with Gasteiger partial charge in [0, 0.05) is 50.6 Å². The minimum atomic E-state index is -0.237. The average molecular weight is 978 g/mol. The van der Waals surface area contributed by atoms with Crippen molar-refractivity contribution >= 4 is 62.9 Å². The number of fused-ring (bicyclic) bond motifs is 10. The summed E-state index contributed by atoms with van der Waals surface area (Å²) in [5, 5.41) is 0. The van der Waals surface area contributed by atoms with E-state index in [0.29, 0.717) is 0 Å².